The first-order valence-corrected chi connectivity index (χ1v) is 7.61. The van der Waals surface area contributed by atoms with E-state index in [1.54, 1.807) is 6.92 Å². The zero-order chi connectivity index (χ0) is 16.6. The number of alkyl halides is 3. The summed E-state index contributed by atoms with van der Waals surface area (Å²) < 4.78 is 39.6. The lowest BCUT2D eigenvalue weighted by Gasteiger charge is -2.25. The molecule has 0 radical (unpaired) electrons. The van der Waals surface area contributed by atoms with Crippen LogP contribution in [-0.2, 0) is 6.54 Å². The molecule has 0 aliphatic heterocycles. The largest absolute Gasteiger partial charge is 0.408 e. The Balaban J connectivity index is 0.00000208. The molecule has 1 saturated carbocycles. The molecule has 3 rings (SSSR count). The average Bonchev–Trinajstić information content (AvgIpc) is 3.04. The number of halogens is 4. The maximum Gasteiger partial charge on any atom is 0.408 e. The molecule has 2 aromatic heterocycles. The van der Waals surface area contributed by atoms with Crippen LogP contribution in [-0.4, -0.2) is 37.2 Å². The fraction of sp³-hybridized carbons (Fsp3) is 0.643. The van der Waals surface area contributed by atoms with E-state index in [4.69, 9.17) is 5.73 Å². The second kappa shape index (κ2) is 7.10. The molecule has 134 valence electrons. The van der Waals surface area contributed by atoms with Crippen molar-refractivity contribution in [3.05, 3.63) is 17.7 Å². The van der Waals surface area contributed by atoms with E-state index in [9.17, 15) is 13.2 Å². The van der Waals surface area contributed by atoms with Gasteiger partial charge in [0.2, 0.25) is 0 Å². The monoisotopic (exact) mass is 364 g/mol. The van der Waals surface area contributed by atoms with Crippen molar-refractivity contribution in [3.8, 4) is 11.4 Å². The summed E-state index contributed by atoms with van der Waals surface area (Å²) in [4.78, 5) is 4.40. The van der Waals surface area contributed by atoms with Crippen molar-refractivity contribution in [1.82, 2.24) is 25.0 Å². The number of aromatic nitrogens is 5. The third-order valence-electron chi connectivity index (χ3n) is 4.24. The van der Waals surface area contributed by atoms with Crippen LogP contribution >= 0.6 is 12.4 Å². The minimum absolute atomic E-state index is 0. The maximum atomic E-state index is 12.9. The Bertz CT molecular complexity index is 672. The van der Waals surface area contributed by atoms with Crippen LogP contribution in [0.5, 0.6) is 0 Å². The maximum absolute atomic E-state index is 12.9. The van der Waals surface area contributed by atoms with E-state index in [-0.39, 0.29) is 30.2 Å². The molecular formula is C14H20ClF3N6. The van der Waals surface area contributed by atoms with Gasteiger partial charge in [-0.3, -0.25) is 5.10 Å². The smallest absolute Gasteiger partial charge is 0.328 e. The highest BCUT2D eigenvalue weighted by Gasteiger charge is 2.33. The van der Waals surface area contributed by atoms with Crippen LogP contribution < -0.4 is 5.73 Å². The summed E-state index contributed by atoms with van der Waals surface area (Å²) in [6, 6.07) is 0.126. The highest BCUT2D eigenvalue weighted by Crippen LogP contribution is 2.33. The second-order valence-electron chi connectivity index (χ2n) is 6.09. The van der Waals surface area contributed by atoms with Crippen LogP contribution in [0.3, 0.4) is 0 Å². The normalized spacial score (nSPS) is 21.5. The van der Waals surface area contributed by atoms with Gasteiger partial charge in [-0.15, -0.1) is 12.4 Å². The molecule has 3 N–H and O–H groups in total. The number of nitrogens with two attached hydrogens (primary N) is 1. The van der Waals surface area contributed by atoms with Crippen LogP contribution in [0.1, 0.15) is 43.1 Å². The minimum atomic E-state index is -4.34. The minimum Gasteiger partial charge on any atom is -0.328 e. The third-order valence-corrected chi connectivity index (χ3v) is 4.24. The number of nitrogens with zero attached hydrogens (tertiary/aromatic N) is 4. The van der Waals surface area contributed by atoms with Gasteiger partial charge in [0.1, 0.15) is 12.4 Å². The number of hydrogen-bond acceptors (Lipinski definition) is 4. The number of H-pyrrole nitrogens is 1. The van der Waals surface area contributed by atoms with E-state index in [1.165, 1.54) is 6.20 Å². The molecule has 24 heavy (non-hydrogen) atoms. The first-order chi connectivity index (χ1) is 10.8. The van der Waals surface area contributed by atoms with Crippen molar-refractivity contribution < 1.29 is 13.2 Å². The molecule has 0 unspecified atom stereocenters. The Morgan fingerprint density at radius 2 is 1.96 bits per heavy atom. The van der Waals surface area contributed by atoms with Gasteiger partial charge in [0.05, 0.1) is 11.8 Å². The van der Waals surface area contributed by atoms with Gasteiger partial charge in [0.25, 0.3) is 0 Å². The number of nitrogens with one attached hydrogen (secondary N) is 1. The molecule has 0 aromatic carbocycles. The summed E-state index contributed by atoms with van der Waals surface area (Å²) >= 11 is 0. The van der Waals surface area contributed by atoms with E-state index in [2.05, 4.69) is 20.3 Å². The summed E-state index contributed by atoms with van der Waals surface area (Å²) in [5.74, 6) is 0.640. The third kappa shape index (κ3) is 4.07. The van der Waals surface area contributed by atoms with Crippen molar-refractivity contribution in [1.29, 1.82) is 0 Å². The van der Waals surface area contributed by atoms with Crippen LogP contribution in [0.2, 0.25) is 0 Å². The predicted octanol–water partition coefficient (Wildman–Crippen LogP) is 2.95. The summed E-state index contributed by atoms with van der Waals surface area (Å²) in [5.41, 5.74) is 7.23. The van der Waals surface area contributed by atoms with E-state index < -0.39 is 12.7 Å². The molecule has 10 heteroatoms. The first kappa shape index (κ1) is 18.7. The van der Waals surface area contributed by atoms with Crippen LogP contribution in [0.15, 0.2) is 6.20 Å². The predicted molar refractivity (Wildman–Crippen MR) is 84.8 cm³/mol. The molecule has 0 bridgehead atoms. The molecular weight excluding hydrogens is 345 g/mol. The van der Waals surface area contributed by atoms with Gasteiger partial charge >= 0.3 is 6.18 Å². The van der Waals surface area contributed by atoms with Gasteiger partial charge in [-0.1, -0.05) is 0 Å². The number of aryl methyl sites for hydroxylation is 1. The Morgan fingerprint density at radius 3 is 2.50 bits per heavy atom. The van der Waals surface area contributed by atoms with Crippen molar-refractivity contribution in [2.75, 3.05) is 0 Å². The van der Waals surface area contributed by atoms with E-state index in [0.717, 1.165) is 36.1 Å². The summed E-state index contributed by atoms with van der Waals surface area (Å²) in [5, 5.41) is 10.7. The lowest BCUT2D eigenvalue weighted by molar-refractivity contribution is -0.143. The molecule has 1 fully saturated rings. The van der Waals surface area contributed by atoms with Gasteiger partial charge in [0.15, 0.2) is 5.82 Å². The topological polar surface area (TPSA) is 85.4 Å². The van der Waals surface area contributed by atoms with Gasteiger partial charge in [-0.2, -0.15) is 23.4 Å². The van der Waals surface area contributed by atoms with Crippen molar-refractivity contribution in [3.63, 3.8) is 0 Å². The average molecular weight is 365 g/mol. The Kier molecular flexibility index (Phi) is 5.54. The van der Waals surface area contributed by atoms with E-state index in [0.29, 0.717) is 11.4 Å². The highest BCUT2D eigenvalue weighted by atomic mass is 35.5. The Morgan fingerprint density at radius 1 is 1.29 bits per heavy atom. The van der Waals surface area contributed by atoms with Crippen LogP contribution in [0.4, 0.5) is 13.2 Å². The molecule has 0 spiro atoms. The summed E-state index contributed by atoms with van der Waals surface area (Å²) in [6.07, 6.45) is 0.260. The van der Waals surface area contributed by atoms with Crippen LogP contribution in [0.25, 0.3) is 11.4 Å². The van der Waals surface area contributed by atoms with Gasteiger partial charge < -0.3 is 5.73 Å². The van der Waals surface area contributed by atoms with E-state index >= 15 is 0 Å². The molecule has 2 aromatic rings. The number of aromatic amines is 1. The summed E-state index contributed by atoms with van der Waals surface area (Å²) in [7, 11) is 0. The van der Waals surface area contributed by atoms with Gasteiger partial charge in [-0.05, 0) is 32.6 Å². The van der Waals surface area contributed by atoms with Crippen LogP contribution in [0, 0.1) is 6.92 Å². The van der Waals surface area contributed by atoms with Crippen molar-refractivity contribution >= 4 is 12.4 Å². The molecule has 1 aliphatic carbocycles. The summed E-state index contributed by atoms with van der Waals surface area (Å²) in [6.45, 7) is 0.654. The second-order valence-corrected chi connectivity index (χ2v) is 6.09. The number of hydrogen-bond donors (Lipinski definition) is 2. The zero-order valence-electron chi connectivity index (χ0n) is 13.2. The first-order valence-electron chi connectivity index (χ1n) is 7.61. The molecule has 1 aliphatic rings. The molecule has 2 heterocycles. The van der Waals surface area contributed by atoms with Crippen molar-refractivity contribution in [2.24, 2.45) is 5.73 Å². The number of rotatable bonds is 3. The van der Waals surface area contributed by atoms with Gasteiger partial charge in [-0.25, -0.2) is 9.67 Å². The zero-order valence-corrected chi connectivity index (χ0v) is 14.0. The lowest BCUT2D eigenvalue weighted by Crippen LogP contribution is -2.28. The quantitative estimate of drug-likeness (QED) is 0.876. The Labute approximate surface area is 143 Å². The van der Waals surface area contributed by atoms with Crippen molar-refractivity contribution in [2.45, 2.75) is 57.3 Å². The van der Waals surface area contributed by atoms with Gasteiger partial charge in [0, 0.05) is 17.7 Å². The SMILES string of the molecule is Cc1[nH]ncc1-c1nc(C2CCC(N)CC2)n(CC(F)(F)F)n1.Cl. The molecule has 0 saturated heterocycles. The standard InChI is InChI=1S/C14H19F3N6.ClH/c1-8-11(6-19-21-8)12-20-13(9-2-4-10(18)5-3-9)23(22-12)7-14(15,16)17;/h6,9-10H,2-5,7,18H2,1H3,(H,19,21);1H. The highest BCUT2D eigenvalue weighted by molar-refractivity contribution is 5.85. The lowest BCUT2D eigenvalue weighted by atomic mass is 9.86. The fourth-order valence-electron chi connectivity index (χ4n) is 3.01. The Hall–Kier alpha value is -1.61. The molecule has 0 amide bonds. The fourth-order valence-corrected chi connectivity index (χ4v) is 3.01. The van der Waals surface area contributed by atoms with E-state index in [1.807, 2.05) is 0 Å². The molecule has 6 nitrogen and oxygen atoms in total. The molecule has 0 atom stereocenters.